The van der Waals surface area contributed by atoms with Gasteiger partial charge < -0.3 is 32.6 Å². The monoisotopic (exact) mass is 352 g/mol. The molecule has 0 aliphatic heterocycles. The van der Waals surface area contributed by atoms with Gasteiger partial charge in [-0.1, -0.05) is 13.3 Å². The van der Waals surface area contributed by atoms with Crippen LogP contribution in [0.4, 0.5) is 17.3 Å². The van der Waals surface area contributed by atoms with Crippen LogP contribution in [0.5, 0.6) is 0 Å². The zero-order valence-electron chi connectivity index (χ0n) is 11.2. The first-order valence-electron chi connectivity index (χ1n) is 5.26. The van der Waals surface area contributed by atoms with Crippen molar-refractivity contribution in [3.63, 3.8) is 0 Å². The zero-order chi connectivity index (χ0) is 15.5. The molecule has 0 bridgehead atoms. The molecular weight excluding hydrogens is 338 g/mol. The minimum atomic E-state index is -6.00. The first-order chi connectivity index (χ1) is 8.56. The second-order valence-corrected chi connectivity index (χ2v) is 3.39. The maximum Gasteiger partial charge on any atom is 0.673 e. The summed E-state index contributed by atoms with van der Waals surface area (Å²) in [5.41, 5.74) is 0. The molecule has 0 fully saturated rings. The average Bonchev–Trinajstić information content (AvgIpc) is 2.57. The summed E-state index contributed by atoms with van der Waals surface area (Å²) in [7, 11) is -3.96. The van der Waals surface area contributed by atoms with Crippen LogP contribution in [-0.2, 0) is 33.1 Å². The third-order valence-electron chi connectivity index (χ3n) is 1.59. The molecule has 1 aromatic heterocycles. The van der Waals surface area contributed by atoms with E-state index in [1.807, 2.05) is 7.05 Å². The normalized spacial score (nSPS) is 9.30. The van der Waals surface area contributed by atoms with Gasteiger partial charge in [-0.25, -0.2) is 9.13 Å². The number of rotatable bonds is 3. The van der Waals surface area contributed by atoms with Gasteiger partial charge in [-0.2, -0.15) is 0 Å². The molecule has 6 nitrogen and oxygen atoms in total. The SMILES string of the molecule is CCCCn1cc[n+](C)c1.F[B-](F)(F)F.O=[N+]([O-])[O-].[Zn]. The number of hydrogen-bond donors (Lipinski definition) is 0. The van der Waals surface area contributed by atoms with E-state index >= 15 is 0 Å². The van der Waals surface area contributed by atoms with Crippen LogP contribution < -0.4 is 4.57 Å². The van der Waals surface area contributed by atoms with Crippen molar-refractivity contribution >= 4 is 7.25 Å². The summed E-state index contributed by atoms with van der Waals surface area (Å²) in [5.74, 6) is 0. The smallest absolute Gasteiger partial charge is 0.418 e. The number of halogens is 4. The molecule has 0 saturated carbocycles. The fourth-order valence-corrected chi connectivity index (χ4v) is 0.975. The summed E-state index contributed by atoms with van der Waals surface area (Å²) in [5, 5.41) is 14.8. The van der Waals surface area contributed by atoms with Gasteiger partial charge in [0.2, 0.25) is 6.33 Å². The Morgan fingerprint density at radius 1 is 1.30 bits per heavy atom. The van der Waals surface area contributed by atoms with E-state index in [2.05, 4.69) is 34.8 Å². The Hall–Kier alpha value is -1.18. The standard InChI is InChI=1S/C8H15N2.BF4.NO3.Zn/c1-3-4-5-10-7-6-9(2)8-10;2-1(3,4)5;2-1(3)4;/h6-8H,3-5H2,1-2H3;;;/q+1;2*-1;. The Morgan fingerprint density at radius 2 is 1.70 bits per heavy atom. The molecule has 0 N–H and O–H groups in total. The van der Waals surface area contributed by atoms with Crippen molar-refractivity contribution in [2.45, 2.75) is 26.3 Å². The van der Waals surface area contributed by atoms with E-state index in [-0.39, 0.29) is 19.5 Å². The Kier molecular flexibility index (Phi) is 15.3. The molecule has 0 aromatic carbocycles. The van der Waals surface area contributed by atoms with Crippen molar-refractivity contribution in [2.75, 3.05) is 0 Å². The van der Waals surface area contributed by atoms with Gasteiger partial charge in [0.1, 0.15) is 12.4 Å². The number of nitrogens with zero attached hydrogens (tertiary/aromatic N) is 3. The van der Waals surface area contributed by atoms with E-state index in [1.54, 1.807) is 0 Å². The fraction of sp³-hybridized carbons (Fsp3) is 0.625. The van der Waals surface area contributed by atoms with Crippen molar-refractivity contribution in [1.82, 2.24) is 4.57 Å². The van der Waals surface area contributed by atoms with Gasteiger partial charge in [-0.05, 0) is 6.42 Å². The molecule has 114 valence electrons. The average molecular weight is 353 g/mol. The van der Waals surface area contributed by atoms with Crippen molar-refractivity contribution in [3.8, 4) is 0 Å². The molecule has 1 aromatic rings. The van der Waals surface area contributed by atoms with Crippen LogP contribution in [0.2, 0.25) is 0 Å². The second kappa shape index (κ2) is 12.8. The van der Waals surface area contributed by atoms with Gasteiger partial charge in [0, 0.05) is 19.5 Å². The van der Waals surface area contributed by atoms with E-state index < -0.39 is 12.3 Å². The molecule has 1 rings (SSSR count). The second-order valence-electron chi connectivity index (χ2n) is 3.39. The molecule has 0 aliphatic carbocycles. The van der Waals surface area contributed by atoms with Crippen LogP contribution in [0, 0.1) is 15.3 Å². The number of hydrogen-bond acceptors (Lipinski definition) is 3. The largest absolute Gasteiger partial charge is 0.673 e. The van der Waals surface area contributed by atoms with E-state index in [1.165, 1.54) is 12.8 Å². The van der Waals surface area contributed by atoms with E-state index in [0.717, 1.165) is 6.54 Å². The predicted octanol–water partition coefficient (Wildman–Crippen LogP) is 2.17. The molecule has 1 heterocycles. The molecule has 0 atom stereocenters. The summed E-state index contributed by atoms with van der Waals surface area (Å²) >= 11 is 0. The quantitative estimate of drug-likeness (QED) is 0.275. The Labute approximate surface area is 126 Å². The third-order valence-corrected chi connectivity index (χ3v) is 1.59. The van der Waals surface area contributed by atoms with Gasteiger partial charge >= 0.3 is 7.25 Å². The van der Waals surface area contributed by atoms with Crippen molar-refractivity contribution < 1.29 is 46.4 Å². The summed E-state index contributed by atoms with van der Waals surface area (Å²) in [4.78, 5) is 8.25. The molecule has 0 saturated heterocycles. The molecular formula is C8H15BF4N3O3Zn-. The Balaban J connectivity index is -0.000000247. The maximum absolute atomic E-state index is 9.75. The van der Waals surface area contributed by atoms with Gasteiger partial charge in [-0.15, -0.1) is 0 Å². The predicted molar refractivity (Wildman–Crippen MR) is 61.1 cm³/mol. The Bertz CT molecular complexity index is 355. The molecule has 20 heavy (non-hydrogen) atoms. The minimum absolute atomic E-state index is 0. The first kappa shape index (κ1) is 23.9. The van der Waals surface area contributed by atoms with Crippen LogP contribution in [-0.4, -0.2) is 16.9 Å². The van der Waals surface area contributed by atoms with Gasteiger partial charge in [0.25, 0.3) is 0 Å². The molecule has 0 radical (unpaired) electrons. The third kappa shape index (κ3) is 30.1. The molecule has 0 unspecified atom stereocenters. The van der Waals surface area contributed by atoms with Crippen molar-refractivity contribution in [3.05, 3.63) is 34.0 Å². The maximum atomic E-state index is 9.75. The summed E-state index contributed by atoms with van der Waals surface area (Å²) in [6, 6.07) is 0. The number of imidazole rings is 1. The number of aromatic nitrogens is 2. The van der Waals surface area contributed by atoms with Crippen LogP contribution in [0.1, 0.15) is 19.8 Å². The van der Waals surface area contributed by atoms with E-state index in [9.17, 15) is 17.3 Å². The summed E-state index contributed by atoms with van der Waals surface area (Å²) in [6.45, 7) is 3.36. The zero-order valence-corrected chi connectivity index (χ0v) is 14.2. The van der Waals surface area contributed by atoms with Crippen LogP contribution >= 0.6 is 0 Å². The number of unbranched alkanes of at least 4 members (excludes halogenated alkanes) is 1. The van der Waals surface area contributed by atoms with Gasteiger partial charge in [0.05, 0.1) is 18.7 Å². The minimum Gasteiger partial charge on any atom is -0.418 e. The summed E-state index contributed by atoms with van der Waals surface area (Å²) in [6.07, 6.45) is 8.82. The topological polar surface area (TPSA) is 75.0 Å². The van der Waals surface area contributed by atoms with E-state index in [0.29, 0.717) is 0 Å². The van der Waals surface area contributed by atoms with Crippen molar-refractivity contribution in [1.29, 1.82) is 0 Å². The molecule has 0 spiro atoms. The fourth-order valence-electron chi connectivity index (χ4n) is 0.975. The van der Waals surface area contributed by atoms with Crippen LogP contribution in [0.25, 0.3) is 0 Å². The molecule has 12 heteroatoms. The van der Waals surface area contributed by atoms with Crippen LogP contribution in [0.15, 0.2) is 18.7 Å². The van der Waals surface area contributed by atoms with Gasteiger partial charge in [-0.3, -0.25) is 0 Å². The Morgan fingerprint density at radius 3 is 1.95 bits per heavy atom. The number of aryl methyl sites for hydroxylation is 2. The van der Waals surface area contributed by atoms with Crippen molar-refractivity contribution in [2.24, 2.45) is 7.05 Å². The van der Waals surface area contributed by atoms with Gasteiger partial charge in [0.15, 0.2) is 0 Å². The molecule has 0 amide bonds. The van der Waals surface area contributed by atoms with E-state index in [4.69, 9.17) is 15.3 Å². The first-order valence-corrected chi connectivity index (χ1v) is 5.26. The summed E-state index contributed by atoms with van der Waals surface area (Å²) < 4.78 is 43.3. The van der Waals surface area contributed by atoms with Crippen LogP contribution in [0.3, 0.4) is 0 Å². The molecule has 0 aliphatic rings.